The first-order chi connectivity index (χ1) is 16.6. The average molecular weight is 473 g/mol. The van der Waals surface area contributed by atoms with Crippen LogP contribution in [0.1, 0.15) is 28.1 Å². The lowest BCUT2D eigenvalue weighted by Crippen LogP contribution is -2.25. The molecule has 0 bridgehead atoms. The molecule has 0 radical (unpaired) electrons. The van der Waals surface area contributed by atoms with E-state index in [-0.39, 0.29) is 11.8 Å². The van der Waals surface area contributed by atoms with Gasteiger partial charge in [0.1, 0.15) is 11.5 Å². The molecule has 0 unspecified atom stereocenters. The molecule has 5 rings (SSSR count). The maximum Gasteiger partial charge on any atom is 0.256 e. The molecule has 0 atom stereocenters. The second kappa shape index (κ2) is 9.41. The van der Waals surface area contributed by atoms with Crippen LogP contribution in [0.4, 0.5) is 5.69 Å². The van der Waals surface area contributed by atoms with Crippen molar-refractivity contribution < 1.29 is 14.0 Å². The number of hydrogen-bond donors (Lipinski definition) is 2. The SMILES string of the molecule is O=C1Nc2ccc(Cl)cc2C1=Cc1ccc(-c2cccc(C(=O)NCCCn3ccnc3)c2)o1. The number of furan rings is 1. The van der Waals surface area contributed by atoms with E-state index in [0.717, 1.165) is 29.8 Å². The molecule has 2 N–H and O–H groups in total. The Labute approximate surface area is 201 Å². The van der Waals surface area contributed by atoms with Crippen LogP contribution in [0.2, 0.25) is 5.02 Å². The maximum atomic E-state index is 12.6. The number of hydrogen-bond acceptors (Lipinski definition) is 4. The number of carbonyl (C=O) groups excluding carboxylic acids is 2. The summed E-state index contributed by atoms with van der Waals surface area (Å²) in [6, 6.07) is 16.1. The Balaban J connectivity index is 1.28. The summed E-state index contributed by atoms with van der Waals surface area (Å²) < 4.78 is 7.94. The van der Waals surface area contributed by atoms with E-state index in [1.807, 2.05) is 29.0 Å². The zero-order valence-electron chi connectivity index (χ0n) is 18.1. The van der Waals surface area contributed by atoms with Crippen molar-refractivity contribution in [2.45, 2.75) is 13.0 Å². The number of aryl methyl sites for hydroxylation is 1. The van der Waals surface area contributed by atoms with E-state index < -0.39 is 0 Å². The smallest absolute Gasteiger partial charge is 0.256 e. The minimum Gasteiger partial charge on any atom is -0.457 e. The van der Waals surface area contributed by atoms with E-state index in [9.17, 15) is 9.59 Å². The van der Waals surface area contributed by atoms with Crippen LogP contribution >= 0.6 is 11.6 Å². The monoisotopic (exact) mass is 472 g/mol. The summed E-state index contributed by atoms with van der Waals surface area (Å²) in [6.45, 7) is 1.35. The first kappa shape index (κ1) is 21.7. The van der Waals surface area contributed by atoms with E-state index in [4.69, 9.17) is 16.0 Å². The number of amides is 2. The van der Waals surface area contributed by atoms with Gasteiger partial charge in [-0.05, 0) is 55.0 Å². The van der Waals surface area contributed by atoms with E-state index in [1.54, 1.807) is 55.0 Å². The van der Waals surface area contributed by atoms with Crippen LogP contribution < -0.4 is 10.6 Å². The molecule has 2 aromatic heterocycles. The first-order valence-electron chi connectivity index (χ1n) is 10.8. The second-order valence-electron chi connectivity index (χ2n) is 7.89. The highest BCUT2D eigenvalue weighted by Crippen LogP contribution is 2.35. The largest absolute Gasteiger partial charge is 0.457 e. The minimum atomic E-state index is -0.207. The summed E-state index contributed by atoms with van der Waals surface area (Å²) in [5, 5.41) is 6.32. The van der Waals surface area contributed by atoms with Crippen LogP contribution in [0.25, 0.3) is 23.0 Å². The number of nitrogens with one attached hydrogen (secondary N) is 2. The lowest BCUT2D eigenvalue weighted by atomic mass is 10.1. The van der Waals surface area contributed by atoms with Gasteiger partial charge in [0.2, 0.25) is 0 Å². The van der Waals surface area contributed by atoms with E-state index in [0.29, 0.717) is 34.2 Å². The van der Waals surface area contributed by atoms with Gasteiger partial charge in [-0.15, -0.1) is 0 Å². The fourth-order valence-corrected chi connectivity index (χ4v) is 4.00. The van der Waals surface area contributed by atoms with Gasteiger partial charge in [-0.1, -0.05) is 23.7 Å². The third-order valence-electron chi connectivity index (χ3n) is 5.53. The van der Waals surface area contributed by atoms with E-state index >= 15 is 0 Å². The molecule has 0 spiro atoms. The van der Waals surface area contributed by atoms with Crippen molar-refractivity contribution in [1.82, 2.24) is 14.9 Å². The van der Waals surface area contributed by atoms with Gasteiger partial charge in [-0.2, -0.15) is 0 Å². The molecule has 7 nitrogen and oxygen atoms in total. The van der Waals surface area contributed by atoms with Gasteiger partial charge in [0.15, 0.2) is 0 Å². The fraction of sp³-hybridized carbons (Fsp3) is 0.115. The fourth-order valence-electron chi connectivity index (χ4n) is 3.83. The third kappa shape index (κ3) is 4.65. The standard InChI is InChI=1S/C26H21ClN4O3/c27-19-5-7-23-21(14-19)22(26(33)30-23)15-20-6-8-24(34-20)17-3-1-4-18(13-17)25(32)29-9-2-11-31-12-10-28-16-31/h1,3-8,10,12-16H,2,9,11H2,(H,29,32)(H,30,33). The van der Waals surface area contributed by atoms with Crippen molar-refractivity contribution in [2.24, 2.45) is 0 Å². The molecule has 0 saturated heterocycles. The zero-order chi connectivity index (χ0) is 23.5. The summed E-state index contributed by atoms with van der Waals surface area (Å²) in [6.07, 6.45) is 7.88. The Morgan fingerprint density at radius 1 is 1.18 bits per heavy atom. The summed E-state index contributed by atoms with van der Waals surface area (Å²) >= 11 is 6.10. The Morgan fingerprint density at radius 2 is 2.09 bits per heavy atom. The molecule has 0 saturated carbocycles. The molecule has 2 aromatic carbocycles. The summed E-state index contributed by atoms with van der Waals surface area (Å²) in [5.74, 6) is 0.785. The van der Waals surface area contributed by atoms with Crippen LogP contribution in [0.5, 0.6) is 0 Å². The molecule has 4 aromatic rings. The van der Waals surface area contributed by atoms with Crippen LogP contribution in [0, 0.1) is 0 Å². The van der Waals surface area contributed by atoms with Crippen molar-refractivity contribution in [3.63, 3.8) is 0 Å². The van der Waals surface area contributed by atoms with Crippen LogP contribution in [0.15, 0.2) is 77.7 Å². The normalized spacial score (nSPS) is 13.7. The molecular formula is C26H21ClN4O3. The highest BCUT2D eigenvalue weighted by molar-refractivity contribution is 6.36. The van der Waals surface area contributed by atoms with Crippen molar-refractivity contribution >= 4 is 40.8 Å². The minimum absolute atomic E-state index is 0.141. The number of nitrogens with zero attached hydrogens (tertiary/aromatic N) is 2. The number of benzene rings is 2. The molecule has 3 heterocycles. The summed E-state index contributed by atoms with van der Waals surface area (Å²) in [7, 11) is 0. The van der Waals surface area contributed by atoms with E-state index in [2.05, 4.69) is 15.6 Å². The van der Waals surface area contributed by atoms with Crippen molar-refractivity contribution in [1.29, 1.82) is 0 Å². The van der Waals surface area contributed by atoms with Crippen LogP contribution in [-0.4, -0.2) is 27.9 Å². The van der Waals surface area contributed by atoms with E-state index in [1.165, 1.54) is 0 Å². The number of anilines is 1. The Morgan fingerprint density at radius 3 is 2.94 bits per heavy atom. The molecule has 8 heteroatoms. The molecule has 170 valence electrons. The number of carbonyl (C=O) groups is 2. The predicted molar refractivity (Wildman–Crippen MR) is 131 cm³/mol. The van der Waals surface area contributed by atoms with Gasteiger partial charge >= 0.3 is 0 Å². The van der Waals surface area contributed by atoms with Gasteiger partial charge in [0.05, 0.1) is 11.9 Å². The average Bonchev–Trinajstić information content (AvgIpc) is 3.59. The molecule has 0 fully saturated rings. The van der Waals surface area contributed by atoms with Gasteiger partial charge in [0, 0.05) is 52.9 Å². The summed E-state index contributed by atoms with van der Waals surface area (Å²) in [5.41, 5.74) is 3.27. The van der Waals surface area contributed by atoms with Gasteiger partial charge in [-0.25, -0.2) is 4.98 Å². The highest BCUT2D eigenvalue weighted by atomic mass is 35.5. The molecule has 1 aliphatic rings. The Kier molecular flexibility index (Phi) is 6.01. The maximum absolute atomic E-state index is 12.6. The van der Waals surface area contributed by atoms with Crippen molar-refractivity contribution in [2.75, 3.05) is 11.9 Å². The van der Waals surface area contributed by atoms with Gasteiger partial charge < -0.3 is 19.6 Å². The quantitative estimate of drug-likeness (QED) is 0.289. The molecule has 0 aliphatic carbocycles. The first-order valence-corrected chi connectivity index (χ1v) is 11.2. The van der Waals surface area contributed by atoms with Gasteiger partial charge in [0.25, 0.3) is 11.8 Å². The number of imidazole rings is 1. The third-order valence-corrected chi connectivity index (χ3v) is 5.76. The number of rotatable bonds is 7. The predicted octanol–water partition coefficient (Wildman–Crippen LogP) is 5.11. The number of halogens is 1. The number of fused-ring (bicyclic) bond motifs is 1. The number of aromatic nitrogens is 2. The van der Waals surface area contributed by atoms with Crippen LogP contribution in [-0.2, 0) is 11.3 Å². The zero-order valence-corrected chi connectivity index (χ0v) is 18.9. The second-order valence-corrected chi connectivity index (χ2v) is 8.33. The lowest BCUT2D eigenvalue weighted by Gasteiger charge is -2.07. The van der Waals surface area contributed by atoms with Gasteiger partial charge in [-0.3, -0.25) is 9.59 Å². The lowest BCUT2D eigenvalue weighted by molar-refractivity contribution is -0.110. The molecule has 1 aliphatic heterocycles. The van der Waals surface area contributed by atoms with Crippen molar-refractivity contribution in [3.05, 3.63) is 95.2 Å². The topological polar surface area (TPSA) is 89.2 Å². The Bertz CT molecular complexity index is 1390. The van der Waals surface area contributed by atoms with Crippen LogP contribution in [0.3, 0.4) is 0 Å². The molecule has 34 heavy (non-hydrogen) atoms. The highest BCUT2D eigenvalue weighted by Gasteiger charge is 2.24. The Hall–Kier alpha value is -4.10. The summed E-state index contributed by atoms with van der Waals surface area (Å²) in [4.78, 5) is 29.0. The van der Waals surface area contributed by atoms with Crippen molar-refractivity contribution in [3.8, 4) is 11.3 Å². The molecule has 2 amide bonds. The molecular weight excluding hydrogens is 452 g/mol.